The molecule has 0 aliphatic carbocycles. The van der Waals surface area contributed by atoms with Crippen LogP contribution >= 0.6 is 0 Å². The van der Waals surface area contributed by atoms with Crippen LogP contribution < -0.4 is 5.32 Å². The van der Waals surface area contributed by atoms with Crippen molar-refractivity contribution in [1.29, 1.82) is 0 Å². The quantitative estimate of drug-likeness (QED) is 0.437. The van der Waals surface area contributed by atoms with E-state index in [2.05, 4.69) is 20.4 Å². The molecule has 0 unspecified atom stereocenters. The number of carbonyl (C=O) groups is 1. The normalized spacial score (nSPS) is 11.5. The molecule has 0 aliphatic heterocycles. The summed E-state index contributed by atoms with van der Waals surface area (Å²) in [6.45, 7) is 0. The molecule has 7 nitrogen and oxygen atoms in total. The maximum Gasteiger partial charge on any atom is 0.416 e. The van der Waals surface area contributed by atoms with Gasteiger partial charge in [-0.3, -0.25) is 4.79 Å². The third kappa shape index (κ3) is 4.66. The Hall–Kier alpha value is -4.02. The average molecular weight is 445 g/mol. The average Bonchev–Trinajstić information content (AvgIpc) is 3.44. The van der Waals surface area contributed by atoms with Gasteiger partial charge in [-0.2, -0.15) is 18.3 Å². The van der Waals surface area contributed by atoms with E-state index in [0.717, 1.165) is 12.1 Å². The number of oxazole rings is 1. The minimum absolute atomic E-state index is 0.0674. The van der Waals surface area contributed by atoms with Crippen molar-refractivity contribution >= 4 is 11.6 Å². The van der Waals surface area contributed by atoms with E-state index in [1.54, 1.807) is 12.1 Å². The fraction of sp³-hybridized carbons (Fsp3) is 0.143. The van der Waals surface area contributed by atoms with Crippen LogP contribution in [0.1, 0.15) is 17.9 Å². The number of amides is 1. The number of nitrogens with one attached hydrogen (secondary N) is 1. The summed E-state index contributed by atoms with van der Waals surface area (Å²) in [6.07, 6.45) is -0.765. The van der Waals surface area contributed by atoms with Gasteiger partial charge in [0.05, 0.1) is 28.7 Å². The largest absolute Gasteiger partial charge is 0.441 e. The van der Waals surface area contributed by atoms with Gasteiger partial charge in [-0.1, -0.05) is 12.1 Å². The highest BCUT2D eigenvalue weighted by Crippen LogP contribution is 2.33. The maximum atomic E-state index is 13.9. The third-order valence-electron chi connectivity index (χ3n) is 4.52. The summed E-state index contributed by atoms with van der Waals surface area (Å²) in [5.74, 6) is -0.627. The molecule has 0 spiro atoms. The van der Waals surface area contributed by atoms with Gasteiger partial charge in [0.25, 0.3) is 0 Å². The van der Waals surface area contributed by atoms with Gasteiger partial charge in [-0.15, -0.1) is 0 Å². The van der Waals surface area contributed by atoms with E-state index in [1.165, 1.54) is 41.7 Å². The van der Waals surface area contributed by atoms with Crippen molar-refractivity contribution in [3.63, 3.8) is 0 Å². The predicted molar refractivity (Wildman–Crippen MR) is 105 cm³/mol. The van der Waals surface area contributed by atoms with Crippen molar-refractivity contribution in [3.8, 4) is 17.0 Å². The lowest BCUT2D eigenvalue weighted by Crippen LogP contribution is -2.16. The van der Waals surface area contributed by atoms with Gasteiger partial charge >= 0.3 is 6.18 Å². The molecule has 0 saturated carbocycles. The van der Waals surface area contributed by atoms with Crippen LogP contribution in [0.4, 0.5) is 23.2 Å². The first kappa shape index (κ1) is 21.2. The first-order valence-corrected chi connectivity index (χ1v) is 9.37. The number of benzene rings is 2. The lowest BCUT2D eigenvalue weighted by molar-refractivity contribution is -0.137. The Balaban J connectivity index is 1.48. The Morgan fingerprint density at radius 3 is 2.69 bits per heavy atom. The van der Waals surface area contributed by atoms with Gasteiger partial charge in [0, 0.05) is 12.8 Å². The molecule has 4 aromatic rings. The highest BCUT2D eigenvalue weighted by Gasteiger charge is 2.31. The molecule has 0 fully saturated rings. The van der Waals surface area contributed by atoms with Gasteiger partial charge < -0.3 is 9.73 Å². The molecule has 0 saturated heterocycles. The van der Waals surface area contributed by atoms with E-state index < -0.39 is 23.5 Å². The standard InChI is InChI=1S/C21H15F4N5O2/c22-15-4-2-1-3-14(15)18-10-27-20(32-18)8-7-19(31)29-16-9-13(21(23,24)25)5-6-17(16)30-12-26-11-28-30/h1-6,9-12H,7-8H2,(H,29,31). The number of carbonyl (C=O) groups excluding carboxylic acids is 1. The Bertz CT molecular complexity index is 1240. The minimum Gasteiger partial charge on any atom is -0.441 e. The summed E-state index contributed by atoms with van der Waals surface area (Å²) in [4.78, 5) is 20.2. The summed E-state index contributed by atoms with van der Waals surface area (Å²) < 4.78 is 60.0. The molecule has 2 aromatic carbocycles. The molecular weight excluding hydrogens is 430 g/mol. The number of rotatable bonds is 6. The SMILES string of the molecule is O=C(CCc1ncc(-c2ccccc2F)o1)Nc1cc(C(F)(F)F)ccc1-n1cncn1. The summed E-state index contributed by atoms with van der Waals surface area (Å²) in [7, 11) is 0. The Labute approximate surface area is 178 Å². The number of anilines is 1. The Morgan fingerprint density at radius 2 is 1.97 bits per heavy atom. The second kappa shape index (κ2) is 8.61. The molecule has 0 bridgehead atoms. The number of nitrogens with zero attached hydrogens (tertiary/aromatic N) is 4. The molecule has 0 atom stereocenters. The molecule has 1 amide bonds. The van der Waals surface area contributed by atoms with Gasteiger partial charge in [-0.05, 0) is 30.3 Å². The monoisotopic (exact) mass is 445 g/mol. The van der Waals surface area contributed by atoms with E-state index in [1.807, 2.05) is 0 Å². The summed E-state index contributed by atoms with van der Waals surface area (Å²) in [5.41, 5.74) is -0.535. The number of aromatic nitrogens is 4. The fourth-order valence-electron chi connectivity index (χ4n) is 2.99. The number of hydrogen-bond acceptors (Lipinski definition) is 5. The molecule has 2 heterocycles. The van der Waals surface area contributed by atoms with Crippen LogP contribution in [0, 0.1) is 5.82 Å². The second-order valence-electron chi connectivity index (χ2n) is 6.72. The molecule has 0 radical (unpaired) electrons. The molecule has 1 N–H and O–H groups in total. The zero-order valence-electron chi connectivity index (χ0n) is 16.3. The molecule has 32 heavy (non-hydrogen) atoms. The number of alkyl halides is 3. The smallest absolute Gasteiger partial charge is 0.416 e. The first-order chi connectivity index (χ1) is 15.3. The molecule has 11 heteroatoms. The van der Waals surface area contributed by atoms with Crippen LogP contribution in [0.3, 0.4) is 0 Å². The zero-order chi connectivity index (χ0) is 22.7. The highest BCUT2D eigenvalue weighted by molar-refractivity contribution is 5.93. The number of aryl methyl sites for hydroxylation is 1. The lowest BCUT2D eigenvalue weighted by Gasteiger charge is -2.14. The fourth-order valence-corrected chi connectivity index (χ4v) is 2.99. The van der Waals surface area contributed by atoms with Crippen LogP contribution in [0.5, 0.6) is 0 Å². The first-order valence-electron chi connectivity index (χ1n) is 9.37. The van der Waals surface area contributed by atoms with E-state index >= 15 is 0 Å². The van der Waals surface area contributed by atoms with E-state index in [-0.39, 0.29) is 41.4 Å². The van der Waals surface area contributed by atoms with E-state index in [4.69, 9.17) is 4.42 Å². The topological polar surface area (TPSA) is 85.8 Å². The summed E-state index contributed by atoms with van der Waals surface area (Å²) in [5, 5.41) is 6.37. The van der Waals surface area contributed by atoms with Crippen LogP contribution in [-0.2, 0) is 17.4 Å². The molecule has 0 aliphatic rings. The Morgan fingerprint density at radius 1 is 1.16 bits per heavy atom. The zero-order valence-corrected chi connectivity index (χ0v) is 16.3. The molecule has 164 valence electrons. The highest BCUT2D eigenvalue weighted by atomic mass is 19.4. The Kier molecular flexibility index (Phi) is 5.71. The number of halogens is 4. The second-order valence-corrected chi connectivity index (χ2v) is 6.72. The van der Waals surface area contributed by atoms with Crippen LogP contribution in [0.25, 0.3) is 17.0 Å². The summed E-state index contributed by atoms with van der Waals surface area (Å²) in [6, 6.07) is 8.93. The van der Waals surface area contributed by atoms with Gasteiger partial charge in [-0.25, -0.2) is 19.0 Å². The molecule has 4 rings (SSSR count). The lowest BCUT2D eigenvalue weighted by atomic mass is 10.1. The van der Waals surface area contributed by atoms with Crippen molar-refractivity contribution in [2.75, 3.05) is 5.32 Å². The van der Waals surface area contributed by atoms with E-state index in [0.29, 0.717) is 0 Å². The van der Waals surface area contributed by atoms with Crippen molar-refractivity contribution in [1.82, 2.24) is 19.7 Å². The minimum atomic E-state index is -4.58. The van der Waals surface area contributed by atoms with E-state index in [9.17, 15) is 22.4 Å². The van der Waals surface area contributed by atoms with Crippen molar-refractivity contribution in [2.24, 2.45) is 0 Å². The van der Waals surface area contributed by atoms with Crippen molar-refractivity contribution < 1.29 is 26.8 Å². The van der Waals surface area contributed by atoms with Crippen LogP contribution in [-0.4, -0.2) is 25.7 Å². The predicted octanol–water partition coefficient (Wildman–Crippen LogP) is 4.65. The molecular formula is C21H15F4N5O2. The summed E-state index contributed by atoms with van der Waals surface area (Å²) >= 11 is 0. The van der Waals surface area contributed by atoms with Gasteiger partial charge in [0.1, 0.15) is 18.5 Å². The van der Waals surface area contributed by atoms with Crippen LogP contribution in [0.15, 0.2) is 65.7 Å². The third-order valence-corrected chi connectivity index (χ3v) is 4.52. The van der Waals surface area contributed by atoms with Gasteiger partial charge in [0.15, 0.2) is 11.7 Å². The molecule has 2 aromatic heterocycles. The number of hydrogen-bond donors (Lipinski definition) is 1. The van der Waals surface area contributed by atoms with Crippen molar-refractivity contribution in [3.05, 3.63) is 78.6 Å². The van der Waals surface area contributed by atoms with Crippen molar-refractivity contribution in [2.45, 2.75) is 19.0 Å². The van der Waals surface area contributed by atoms with Gasteiger partial charge in [0.2, 0.25) is 5.91 Å². The van der Waals surface area contributed by atoms with Crippen LogP contribution in [0.2, 0.25) is 0 Å². The maximum absolute atomic E-state index is 13.9.